The Morgan fingerprint density at radius 1 is 1.05 bits per heavy atom. The molecule has 22 heavy (non-hydrogen) atoms. The fraction of sp³-hybridized carbons (Fsp3) is 0.125. The first-order valence-corrected chi connectivity index (χ1v) is 7.10. The van der Waals surface area contributed by atoms with E-state index in [1.165, 1.54) is 0 Å². The van der Waals surface area contributed by atoms with Crippen molar-refractivity contribution in [2.24, 2.45) is 0 Å². The molecule has 0 spiro atoms. The number of imide groups is 1. The van der Waals surface area contributed by atoms with Gasteiger partial charge < -0.3 is 10.4 Å². The van der Waals surface area contributed by atoms with Crippen LogP contribution in [0.4, 0.5) is 10.5 Å². The summed E-state index contributed by atoms with van der Waals surface area (Å²) in [6.07, 6.45) is 0.370. The summed E-state index contributed by atoms with van der Waals surface area (Å²) in [7, 11) is 0. The Morgan fingerprint density at radius 2 is 1.68 bits per heavy atom. The zero-order chi connectivity index (χ0) is 15.7. The molecule has 6 heteroatoms. The van der Waals surface area contributed by atoms with Crippen LogP contribution in [0.2, 0.25) is 5.02 Å². The van der Waals surface area contributed by atoms with Crippen LogP contribution in [0.15, 0.2) is 48.5 Å². The monoisotopic (exact) mass is 316 g/mol. The lowest BCUT2D eigenvalue weighted by atomic mass is 10.1. The predicted octanol–water partition coefficient (Wildman–Crippen LogP) is 2.71. The first-order valence-electron chi connectivity index (χ1n) is 6.72. The van der Waals surface area contributed by atoms with E-state index in [-0.39, 0.29) is 11.7 Å². The molecule has 2 aromatic carbocycles. The number of phenolic OH excluding ortho intramolecular Hbond substituents is 1. The number of anilines is 1. The number of rotatable bonds is 3. The van der Waals surface area contributed by atoms with Crippen molar-refractivity contribution in [3.05, 3.63) is 59.1 Å². The molecule has 1 aliphatic heterocycles. The number of nitrogens with one attached hydrogen (secondary N) is 1. The largest absolute Gasteiger partial charge is 0.508 e. The van der Waals surface area contributed by atoms with E-state index in [1.54, 1.807) is 48.5 Å². The van der Waals surface area contributed by atoms with Gasteiger partial charge in [-0.1, -0.05) is 23.7 Å². The van der Waals surface area contributed by atoms with Crippen LogP contribution in [0, 0.1) is 0 Å². The van der Waals surface area contributed by atoms with Crippen molar-refractivity contribution in [1.82, 2.24) is 5.32 Å². The Morgan fingerprint density at radius 3 is 2.32 bits per heavy atom. The van der Waals surface area contributed by atoms with Crippen molar-refractivity contribution in [2.45, 2.75) is 12.5 Å². The number of hydrogen-bond donors (Lipinski definition) is 2. The van der Waals surface area contributed by atoms with Gasteiger partial charge in [-0.2, -0.15) is 0 Å². The maximum atomic E-state index is 12.4. The fourth-order valence-corrected chi connectivity index (χ4v) is 2.50. The van der Waals surface area contributed by atoms with E-state index in [9.17, 15) is 14.7 Å². The lowest BCUT2D eigenvalue weighted by Crippen LogP contribution is -2.32. The van der Waals surface area contributed by atoms with Crippen LogP contribution in [0.3, 0.4) is 0 Å². The molecule has 0 radical (unpaired) electrons. The molecule has 3 amide bonds. The van der Waals surface area contributed by atoms with Crippen LogP contribution in [0.1, 0.15) is 5.56 Å². The highest BCUT2D eigenvalue weighted by molar-refractivity contribution is 6.30. The van der Waals surface area contributed by atoms with Gasteiger partial charge in [-0.15, -0.1) is 0 Å². The number of aromatic hydroxyl groups is 1. The van der Waals surface area contributed by atoms with Gasteiger partial charge in [0.15, 0.2) is 0 Å². The number of nitrogens with zero attached hydrogens (tertiary/aromatic N) is 1. The molecule has 112 valence electrons. The standard InChI is InChI=1S/C16H13ClN2O3/c17-11-3-5-12(6-4-11)19-15(21)14(18-16(19)22)9-10-1-7-13(20)8-2-10/h1-8,14,20H,9H2,(H,18,22). The van der Waals surface area contributed by atoms with Gasteiger partial charge in [-0.05, 0) is 42.0 Å². The van der Waals surface area contributed by atoms with Gasteiger partial charge in [-0.25, -0.2) is 9.69 Å². The third kappa shape index (κ3) is 2.76. The molecule has 0 aliphatic carbocycles. The van der Waals surface area contributed by atoms with Gasteiger partial charge in [0.05, 0.1) is 5.69 Å². The quantitative estimate of drug-likeness (QED) is 0.855. The molecule has 2 aromatic rings. The Balaban J connectivity index is 1.79. The minimum Gasteiger partial charge on any atom is -0.508 e. The fourth-order valence-electron chi connectivity index (χ4n) is 2.37. The number of halogens is 1. The van der Waals surface area contributed by atoms with Gasteiger partial charge in [0.25, 0.3) is 5.91 Å². The molecule has 0 aromatic heterocycles. The number of hydrogen-bond acceptors (Lipinski definition) is 3. The first-order chi connectivity index (χ1) is 10.5. The third-order valence-electron chi connectivity index (χ3n) is 3.48. The highest BCUT2D eigenvalue weighted by Gasteiger charge is 2.38. The van der Waals surface area contributed by atoms with Crippen LogP contribution >= 0.6 is 11.6 Å². The van der Waals surface area contributed by atoms with Crippen LogP contribution in [-0.4, -0.2) is 23.1 Å². The number of phenols is 1. The second-order valence-corrected chi connectivity index (χ2v) is 5.46. The first kappa shape index (κ1) is 14.4. The van der Waals surface area contributed by atoms with Crippen LogP contribution in [-0.2, 0) is 11.2 Å². The average molecular weight is 317 g/mol. The van der Waals surface area contributed by atoms with E-state index in [1.807, 2.05) is 0 Å². The van der Waals surface area contributed by atoms with E-state index < -0.39 is 12.1 Å². The number of carbonyl (C=O) groups excluding carboxylic acids is 2. The predicted molar refractivity (Wildman–Crippen MR) is 83.1 cm³/mol. The molecular weight excluding hydrogens is 304 g/mol. The van der Waals surface area contributed by atoms with Crippen molar-refractivity contribution in [2.75, 3.05) is 4.90 Å². The van der Waals surface area contributed by atoms with Gasteiger partial charge in [0.1, 0.15) is 11.8 Å². The van der Waals surface area contributed by atoms with Gasteiger partial charge in [0.2, 0.25) is 0 Å². The zero-order valence-electron chi connectivity index (χ0n) is 11.5. The molecule has 0 bridgehead atoms. The van der Waals surface area contributed by atoms with Gasteiger partial charge >= 0.3 is 6.03 Å². The molecule has 0 saturated carbocycles. The topological polar surface area (TPSA) is 69.6 Å². The Hall–Kier alpha value is -2.53. The minimum absolute atomic E-state index is 0.160. The molecule has 2 N–H and O–H groups in total. The lowest BCUT2D eigenvalue weighted by Gasteiger charge is -2.13. The van der Waals surface area contributed by atoms with E-state index in [0.29, 0.717) is 17.1 Å². The van der Waals surface area contributed by atoms with Crippen molar-refractivity contribution in [3.8, 4) is 5.75 Å². The molecule has 1 heterocycles. The smallest absolute Gasteiger partial charge is 0.329 e. The highest BCUT2D eigenvalue weighted by Crippen LogP contribution is 2.23. The van der Waals surface area contributed by atoms with Gasteiger partial charge in [-0.3, -0.25) is 4.79 Å². The summed E-state index contributed by atoms with van der Waals surface area (Å²) in [4.78, 5) is 25.6. The van der Waals surface area contributed by atoms with E-state index >= 15 is 0 Å². The average Bonchev–Trinajstić information content (AvgIpc) is 2.77. The third-order valence-corrected chi connectivity index (χ3v) is 3.73. The van der Waals surface area contributed by atoms with Crippen LogP contribution < -0.4 is 10.2 Å². The normalized spacial score (nSPS) is 17.7. The molecule has 1 aliphatic rings. The summed E-state index contributed by atoms with van der Waals surface area (Å²) in [5.41, 5.74) is 1.34. The summed E-state index contributed by atoms with van der Waals surface area (Å²) >= 11 is 5.82. The van der Waals surface area contributed by atoms with Crippen molar-refractivity contribution < 1.29 is 14.7 Å². The molecule has 1 saturated heterocycles. The maximum Gasteiger partial charge on any atom is 0.329 e. The Kier molecular flexibility index (Phi) is 3.73. The molecular formula is C16H13ClN2O3. The summed E-state index contributed by atoms with van der Waals surface area (Å²) in [5, 5.41) is 12.5. The highest BCUT2D eigenvalue weighted by atomic mass is 35.5. The summed E-state index contributed by atoms with van der Waals surface area (Å²) < 4.78 is 0. The maximum absolute atomic E-state index is 12.4. The lowest BCUT2D eigenvalue weighted by molar-refractivity contribution is -0.118. The Labute approximate surface area is 132 Å². The van der Waals surface area contributed by atoms with Gasteiger partial charge in [0, 0.05) is 11.4 Å². The number of urea groups is 1. The van der Waals surface area contributed by atoms with Crippen molar-refractivity contribution in [3.63, 3.8) is 0 Å². The van der Waals surface area contributed by atoms with E-state index in [0.717, 1.165) is 10.5 Å². The second kappa shape index (κ2) is 5.69. The molecule has 1 atom stereocenters. The summed E-state index contributed by atoms with van der Waals surface area (Å²) in [6.45, 7) is 0. The minimum atomic E-state index is -0.618. The molecule has 1 fully saturated rings. The van der Waals surface area contributed by atoms with Crippen molar-refractivity contribution >= 4 is 29.2 Å². The molecule has 3 rings (SSSR count). The molecule has 5 nitrogen and oxygen atoms in total. The van der Waals surface area contributed by atoms with Crippen LogP contribution in [0.25, 0.3) is 0 Å². The number of amides is 3. The van der Waals surface area contributed by atoms with Crippen molar-refractivity contribution in [1.29, 1.82) is 0 Å². The van der Waals surface area contributed by atoms with Crippen LogP contribution in [0.5, 0.6) is 5.75 Å². The number of carbonyl (C=O) groups is 2. The zero-order valence-corrected chi connectivity index (χ0v) is 12.2. The summed E-state index contributed by atoms with van der Waals surface area (Å²) in [6, 6.07) is 12.0. The molecule has 1 unspecified atom stereocenters. The summed E-state index contributed by atoms with van der Waals surface area (Å²) in [5.74, 6) is -0.145. The SMILES string of the molecule is O=C1NC(Cc2ccc(O)cc2)C(=O)N1c1ccc(Cl)cc1. The number of benzene rings is 2. The Bertz CT molecular complexity index is 713. The van der Waals surface area contributed by atoms with E-state index in [2.05, 4.69) is 5.32 Å². The second-order valence-electron chi connectivity index (χ2n) is 5.02. The van der Waals surface area contributed by atoms with E-state index in [4.69, 9.17) is 11.6 Å².